The summed E-state index contributed by atoms with van der Waals surface area (Å²) in [6.45, 7) is 3.83. The van der Waals surface area contributed by atoms with Crippen molar-refractivity contribution in [2.45, 2.75) is 20.3 Å². The first-order valence-electron chi connectivity index (χ1n) is 6.96. The lowest BCUT2D eigenvalue weighted by molar-refractivity contribution is 0.100. The Morgan fingerprint density at radius 2 is 2.09 bits per heavy atom. The van der Waals surface area contributed by atoms with Crippen molar-refractivity contribution in [3.05, 3.63) is 44.8 Å². The van der Waals surface area contributed by atoms with Crippen LogP contribution in [0.3, 0.4) is 0 Å². The molecule has 1 heterocycles. The Morgan fingerprint density at radius 1 is 1.39 bits per heavy atom. The molecule has 5 nitrogen and oxygen atoms in total. The molecule has 7 heteroatoms. The number of ether oxygens (including phenoxy) is 1. The summed E-state index contributed by atoms with van der Waals surface area (Å²) >= 11 is 7.28. The van der Waals surface area contributed by atoms with Crippen LogP contribution in [0.1, 0.15) is 38.1 Å². The van der Waals surface area contributed by atoms with E-state index in [0.717, 1.165) is 10.4 Å². The van der Waals surface area contributed by atoms with Gasteiger partial charge in [-0.15, -0.1) is 11.3 Å². The summed E-state index contributed by atoms with van der Waals surface area (Å²) in [4.78, 5) is 25.2. The van der Waals surface area contributed by atoms with Gasteiger partial charge < -0.3 is 15.8 Å². The molecule has 0 atom stereocenters. The van der Waals surface area contributed by atoms with Gasteiger partial charge in [0, 0.05) is 9.90 Å². The van der Waals surface area contributed by atoms with E-state index in [0.29, 0.717) is 33.3 Å². The van der Waals surface area contributed by atoms with Crippen LogP contribution in [-0.2, 0) is 6.42 Å². The number of thiophene rings is 1. The molecule has 23 heavy (non-hydrogen) atoms. The zero-order valence-electron chi connectivity index (χ0n) is 13.0. The standard InChI is InChI=1S/C16H17ClN2O3S/c1-4-10-8(2)23-16(13(10)14(18)20)19-15(21)11-7-9(17)5-6-12(11)22-3/h5-7H,4H2,1-3H3,(H2,18,20)(H,19,21). The van der Waals surface area contributed by atoms with Gasteiger partial charge in [0.1, 0.15) is 10.8 Å². The number of hydrogen-bond donors (Lipinski definition) is 2. The number of primary amides is 1. The van der Waals surface area contributed by atoms with Crippen molar-refractivity contribution in [1.29, 1.82) is 0 Å². The smallest absolute Gasteiger partial charge is 0.260 e. The first-order chi connectivity index (χ1) is 10.9. The number of carbonyl (C=O) groups excluding carboxylic acids is 2. The quantitative estimate of drug-likeness (QED) is 0.862. The molecule has 0 unspecified atom stereocenters. The lowest BCUT2D eigenvalue weighted by Crippen LogP contribution is -2.18. The highest BCUT2D eigenvalue weighted by Gasteiger charge is 2.22. The van der Waals surface area contributed by atoms with Gasteiger partial charge in [-0.3, -0.25) is 9.59 Å². The second-order valence-corrected chi connectivity index (χ2v) is 6.52. The third-order valence-electron chi connectivity index (χ3n) is 3.44. The highest BCUT2D eigenvalue weighted by Crippen LogP contribution is 2.34. The molecule has 122 valence electrons. The van der Waals surface area contributed by atoms with Gasteiger partial charge in [-0.25, -0.2) is 0 Å². The predicted molar refractivity (Wildman–Crippen MR) is 92.9 cm³/mol. The van der Waals surface area contributed by atoms with E-state index in [4.69, 9.17) is 22.1 Å². The van der Waals surface area contributed by atoms with Crippen LogP contribution in [-0.4, -0.2) is 18.9 Å². The maximum atomic E-state index is 12.5. The van der Waals surface area contributed by atoms with E-state index in [1.165, 1.54) is 24.5 Å². The van der Waals surface area contributed by atoms with Crippen LogP contribution in [0.25, 0.3) is 0 Å². The maximum Gasteiger partial charge on any atom is 0.260 e. The Bertz CT molecular complexity index is 771. The number of benzene rings is 1. The van der Waals surface area contributed by atoms with Gasteiger partial charge in [-0.2, -0.15) is 0 Å². The average molecular weight is 353 g/mol. The monoisotopic (exact) mass is 352 g/mol. The third-order valence-corrected chi connectivity index (χ3v) is 4.74. The normalized spacial score (nSPS) is 10.4. The minimum atomic E-state index is -0.556. The van der Waals surface area contributed by atoms with E-state index in [-0.39, 0.29) is 0 Å². The number of methoxy groups -OCH3 is 1. The molecule has 3 N–H and O–H groups in total. The van der Waals surface area contributed by atoms with Gasteiger partial charge in [0.15, 0.2) is 0 Å². The Balaban J connectivity index is 2.42. The van der Waals surface area contributed by atoms with Gasteiger partial charge in [0.25, 0.3) is 11.8 Å². The highest BCUT2D eigenvalue weighted by molar-refractivity contribution is 7.16. The molecule has 0 spiro atoms. The van der Waals surface area contributed by atoms with Gasteiger partial charge in [0.05, 0.1) is 18.2 Å². The molecule has 0 aliphatic rings. The van der Waals surface area contributed by atoms with Crippen LogP contribution in [0.15, 0.2) is 18.2 Å². The largest absolute Gasteiger partial charge is 0.496 e. The first kappa shape index (κ1) is 17.3. The van der Waals surface area contributed by atoms with Crippen molar-refractivity contribution in [3.63, 3.8) is 0 Å². The molecule has 0 fully saturated rings. The Morgan fingerprint density at radius 3 is 2.65 bits per heavy atom. The summed E-state index contributed by atoms with van der Waals surface area (Å²) in [5.41, 5.74) is 6.98. The van der Waals surface area contributed by atoms with E-state index in [1.807, 2.05) is 13.8 Å². The zero-order chi connectivity index (χ0) is 17.1. The molecular weight excluding hydrogens is 336 g/mol. The van der Waals surface area contributed by atoms with Crippen LogP contribution >= 0.6 is 22.9 Å². The van der Waals surface area contributed by atoms with Crippen molar-refractivity contribution >= 4 is 39.8 Å². The number of nitrogens with one attached hydrogen (secondary N) is 1. The molecule has 1 aromatic carbocycles. The van der Waals surface area contributed by atoms with E-state index in [9.17, 15) is 9.59 Å². The second kappa shape index (κ2) is 7.02. The summed E-state index contributed by atoms with van der Waals surface area (Å²) in [6, 6.07) is 4.76. The fraction of sp³-hybridized carbons (Fsp3) is 0.250. The van der Waals surface area contributed by atoms with Gasteiger partial charge in [0.2, 0.25) is 0 Å². The number of halogens is 1. The minimum absolute atomic E-state index is 0.291. The second-order valence-electron chi connectivity index (χ2n) is 4.86. The van der Waals surface area contributed by atoms with Gasteiger partial charge >= 0.3 is 0 Å². The summed E-state index contributed by atoms with van der Waals surface area (Å²) in [5.74, 6) is -0.563. The van der Waals surface area contributed by atoms with Crippen LogP contribution in [0.2, 0.25) is 5.02 Å². The molecule has 0 saturated carbocycles. The van der Waals surface area contributed by atoms with E-state index >= 15 is 0 Å². The van der Waals surface area contributed by atoms with Crippen molar-refractivity contribution < 1.29 is 14.3 Å². The topological polar surface area (TPSA) is 81.4 Å². The van der Waals surface area contributed by atoms with Crippen molar-refractivity contribution in [1.82, 2.24) is 0 Å². The van der Waals surface area contributed by atoms with E-state index < -0.39 is 11.8 Å². The Kier molecular flexibility index (Phi) is 5.28. The van der Waals surface area contributed by atoms with E-state index in [1.54, 1.807) is 12.1 Å². The summed E-state index contributed by atoms with van der Waals surface area (Å²) in [7, 11) is 1.47. The predicted octanol–water partition coefficient (Wildman–Crippen LogP) is 3.63. The fourth-order valence-electron chi connectivity index (χ4n) is 2.38. The lowest BCUT2D eigenvalue weighted by Gasteiger charge is -2.10. The molecular formula is C16H17ClN2O3S. The maximum absolute atomic E-state index is 12.5. The van der Waals surface area contributed by atoms with Gasteiger partial charge in [-0.05, 0) is 37.1 Å². The molecule has 2 aromatic rings. The number of anilines is 1. The zero-order valence-corrected chi connectivity index (χ0v) is 14.6. The number of aryl methyl sites for hydroxylation is 1. The Labute approximate surface area is 143 Å². The van der Waals surface area contributed by atoms with Crippen molar-refractivity contribution in [2.75, 3.05) is 12.4 Å². The lowest BCUT2D eigenvalue weighted by atomic mass is 10.1. The molecule has 0 radical (unpaired) electrons. The van der Waals surface area contributed by atoms with E-state index in [2.05, 4.69) is 5.32 Å². The van der Waals surface area contributed by atoms with Crippen LogP contribution < -0.4 is 15.8 Å². The molecule has 0 aliphatic heterocycles. The highest BCUT2D eigenvalue weighted by atomic mass is 35.5. The van der Waals surface area contributed by atoms with Crippen LogP contribution in [0.5, 0.6) is 5.75 Å². The summed E-state index contributed by atoms with van der Waals surface area (Å²) < 4.78 is 5.18. The van der Waals surface area contributed by atoms with Crippen molar-refractivity contribution in [3.8, 4) is 5.75 Å². The average Bonchev–Trinajstić information content (AvgIpc) is 2.82. The number of rotatable bonds is 5. The SMILES string of the molecule is CCc1c(C)sc(NC(=O)c2cc(Cl)ccc2OC)c1C(N)=O. The first-order valence-corrected chi connectivity index (χ1v) is 8.15. The summed E-state index contributed by atoms with van der Waals surface area (Å²) in [5, 5.41) is 3.61. The fourth-order valence-corrected chi connectivity index (χ4v) is 3.70. The molecule has 2 rings (SSSR count). The number of hydrogen-bond acceptors (Lipinski definition) is 4. The van der Waals surface area contributed by atoms with Crippen LogP contribution in [0, 0.1) is 6.92 Å². The molecule has 0 aliphatic carbocycles. The van der Waals surface area contributed by atoms with Crippen molar-refractivity contribution in [2.24, 2.45) is 5.73 Å². The molecule has 0 bridgehead atoms. The third kappa shape index (κ3) is 3.48. The molecule has 1 aromatic heterocycles. The molecule has 0 saturated heterocycles. The molecule has 2 amide bonds. The number of amides is 2. The van der Waals surface area contributed by atoms with Gasteiger partial charge in [-0.1, -0.05) is 18.5 Å². The minimum Gasteiger partial charge on any atom is -0.496 e. The Hall–Kier alpha value is -2.05. The van der Waals surface area contributed by atoms with Crippen LogP contribution in [0.4, 0.5) is 5.00 Å². The number of nitrogens with two attached hydrogens (primary N) is 1. The summed E-state index contributed by atoms with van der Waals surface area (Å²) in [6.07, 6.45) is 0.664. The number of carbonyl (C=O) groups is 2.